The summed E-state index contributed by atoms with van der Waals surface area (Å²) in [5.41, 5.74) is 0.266. The molecule has 0 aromatic rings. The van der Waals surface area contributed by atoms with E-state index in [0.29, 0.717) is 12.2 Å². The molecule has 0 saturated carbocycles. The van der Waals surface area contributed by atoms with Crippen molar-refractivity contribution >= 4 is 0 Å². The van der Waals surface area contributed by atoms with E-state index in [1.165, 1.54) is 0 Å². The van der Waals surface area contributed by atoms with E-state index in [1.54, 1.807) is 0 Å². The normalized spacial score (nSPS) is 15.2. The average Bonchev–Trinajstić information content (AvgIpc) is 1.97. The minimum atomic E-state index is 0.266. The zero-order chi connectivity index (χ0) is 9.78. The van der Waals surface area contributed by atoms with Gasteiger partial charge >= 0.3 is 0 Å². The van der Waals surface area contributed by atoms with E-state index < -0.39 is 0 Å². The van der Waals surface area contributed by atoms with Gasteiger partial charge in [0.1, 0.15) is 0 Å². The minimum absolute atomic E-state index is 0.266. The van der Waals surface area contributed by atoms with Crippen molar-refractivity contribution < 1.29 is 4.74 Å². The van der Waals surface area contributed by atoms with E-state index in [9.17, 15) is 0 Å². The topological polar surface area (TPSA) is 9.23 Å². The standard InChI is InChI=1S/C11H24O/c1-7-10(8-2)12-9(3)11(4,5)6/h9-10H,7-8H2,1-6H3. The molecule has 1 unspecified atom stereocenters. The van der Waals surface area contributed by atoms with Crippen molar-refractivity contribution in [1.82, 2.24) is 0 Å². The highest BCUT2D eigenvalue weighted by molar-refractivity contribution is 4.71. The van der Waals surface area contributed by atoms with Gasteiger partial charge in [-0.15, -0.1) is 0 Å². The van der Waals surface area contributed by atoms with E-state index >= 15 is 0 Å². The van der Waals surface area contributed by atoms with Crippen LogP contribution in [0.2, 0.25) is 0 Å². The lowest BCUT2D eigenvalue weighted by atomic mass is 9.90. The predicted molar refractivity (Wildman–Crippen MR) is 54.4 cm³/mol. The molecule has 1 atom stereocenters. The van der Waals surface area contributed by atoms with Crippen LogP contribution in [0, 0.1) is 5.41 Å². The van der Waals surface area contributed by atoms with Gasteiger partial charge in [0.15, 0.2) is 0 Å². The molecule has 0 fully saturated rings. The number of hydrogen-bond donors (Lipinski definition) is 0. The fourth-order valence-electron chi connectivity index (χ4n) is 0.974. The zero-order valence-corrected chi connectivity index (χ0v) is 9.48. The Morgan fingerprint density at radius 1 is 1.08 bits per heavy atom. The van der Waals surface area contributed by atoms with Crippen molar-refractivity contribution in [3.63, 3.8) is 0 Å². The van der Waals surface area contributed by atoms with Crippen LogP contribution in [0.1, 0.15) is 54.4 Å². The summed E-state index contributed by atoms with van der Waals surface area (Å²) in [6, 6.07) is 0. The molecule has 0 N–H and O–H groups in total. The second-order valence-corrected chi connectivity index (χ2v) is 4.58. The Labute approximate surface area is 77.5 Å². The summed E-state index contributed by atoms with van der Waals surface area (Å²) in [5, 5.41) is 0. The Morgan fingerprint density at radius 3 is 1.75 bits per heavy atom. The first-order valence-corrected chi connectivity index (χ1v) is 5.07. The third kappa shape index (κ3) is 4.10. The Kier molecular flexibility index (Phi) is 4.84. The minimum Gasteiger partial charge on any atom is -0.375 e. The van der Waals surface area contributed by atoms with Gasteiger partial charge in [0, 0.05) is 0 Å². The first-order valence-electron chi connectivity index (χ1n) is 5.07. The lowest BCUT2D eigenvalue weighted by Crippen LogP contribution is -2.30. The Morgan fingerprint density at radius 2 is 1.50 bits per heavy atom. The molecule has 0 aromatic heterocycles. The van der Waals surface area contributed by atoms with Crippen LogP contribution in [0.25, 0.3) is 0 Å². The van der Waals surface area contributed by atoms with Crippen molar-refractivity contribution in [3.05, 3.63) is 0 Å². The van der Waals surface area contributed by atoms with Gasteiger partial charge in [-0.25, -0.2) is 0 Å². The maximum absolute atomic E-state index is 5.91. The molecular formula is C11H24O. The molecule has 0 aromatic carbocycles. The lowest BCUT2D eigenvalue weighted by Gasteiger charge is -2.30. The predicted octanol–water partition coefficient (Wildman–Crippen LogP) is 3.63. The van der Waals surface area contributed by atoms with Gasteiger partial charge in [-0.3, -0.25) is 0 Å². The fourth-order valence-corrected chi connectivity index (χ4v) is 0.974. The highest BCUT2D eigenvalue weighted by Crippen LogP contribution is 2.23. The Hall–Kier alpha value is -0.0400. The second-order valence-electron chi connectivity index (χ2n) is 4.58. The molecule has 0 radical (unpaired) electrons. The third-order valence-electron chi connectivity index (χ3n) is 2.53. The van der Waals surface area contributed by atoms with Gasteiger partial charge in [0.25, 0.3) is 0 Å². The summed E-state index contributed by atoms with van der Waals surface area (Å²) in [5.74, 6) is 0. The molecule has 0 amide bonds. The van der Waals surface area contributed by atoms with Crippen molar-refractivity contribution in [1.29, 1.82) is 0 Å². The first-order chi connectivity index (χ1) is 5.41. The van der Waals surface area contributed by atoms with E-state index in [2.05, 4.69) is 41.5 Å². The van der Waals surface area contributed by atoms with Gasteiger partial charge in [0.2, 0.25) is 0 Å². The molecule has 0 heterocycles. The van der Waals surface area contributed by atoms with Crippen LogP contribution in [-0.2, 0) is 4.74 Å². The largest absolute Gasteiger partial charge is 0.375 e. The summed E-state index contributed by atoms with van der Waals surface area (Å²) >= 11 is 0. The molecule has 1 nitrogen and oxygen atoms in total. The van der Waals surface area contributed by atoms with Crippen LogP contribution in [0.3, 0.4) is 0 Å². The molecule has 0 spiro atoms. The smallest absolute Gasteiger partial charge is 0.0599 e. The molecule has 0 aliphatic carbocycles. The molecule has 74 valence electrons. The lowest BCUT2D eigenvalue weighted by molar-refractivity contribution is -0.0579. The molecule has 1 heteroatoms. The molecular weight excluding hydrogens is 148 g/mol. The van der Waals surface area contributed by atoms with Crippen molar-refractivity contribution in [2.75, 3.05) is 0 Å². The molecule has 0 aliphatic rings. The zero-order valence-electron chi connectivity index (χ0n) is 9.48. The van der Waals surface area contributed by atoms with Gasteiger partial charge in [-0.1, -0.05) is 34.6 Å². The van der Waals surface area contributed by atoms with Gasteiger partial charge < -0.3 is 4.74 Å². The number of hydrogen-bond acceptors (Lipinski definition) is 1. The SMILES string of the molecule is CCC(CC)OC(C)C(C)(C)C. The van der Waals surface area contributed by atoms with Crippen LogP contribution >= 0.6 is 0 Å². The summed E-state index contributed by atoms with van der Waals surface area (Å²) < 4.78 is 5.91. The average molecular weight is 172 g/mol. The summed E-state index contributed by atoms with van der Waals surface area (Å²) in [6.45, 7) is 13.2. The number of ether oxygens (including phenoxy) is 1. The van der Waals surface area contributed by atoms with Crippen LogP contribution in [0.4, 0.5) is 0 Å². The van der Waals surface area contributed by atoms with Crippen molar-refractivity contribution in [3.8, 4) is 0 Å². The monoisotopic (exact) mass is 172 g/mol. The van der Waals surface area contributed by atoms with E-state index in [-0.39, 0.29) is 5.41 Å². The fraction of sp³-hybridized carbons (Fsp3) is 1.00. The van der Waals surface area contributed by atoms with Crippen LogP contribution in [0.5, 0.6) is 0 Å². The van der Waals surface area contributed by atoms with Gasteiger partial charge in [-0.05, 0) is 25.2 Å². The highest BCUT2D eigenvalue weighted by atomic mass is 16.5. The maximum Gasteiger partial charge on any atom is 0.0599 e. The van der Waals surface area contributed by atoms with E-state index in [0.717, 1.165) is 12.8 Å². The van der Waals surface area contributed by atoms with Crippen molar-refractivity contribution in [2.45, 2.75) is 66.6 Å². The van der Waals surface area contributed by atoms with Gasteiger partial charge in [0.05, 0.1) is 12.2 Å². The maximum atomic E-state index is 5.91. The number of rotatable bonds is 4. The van der Waals surface area contributed by atoms with Crippen LogP contribution in [0.15, 0.2) is 0 Å². The van der Waals surface area contributed by atoms with E-state index in [1.807, 2.05) is 0 Å². The summed E-state index contributed by atoms with van der Waals surface area (Å²) in [6.07, 6.45) is 3.04. The van der Waals surface area contributed by atoms with Gasteiger partial charge in [-0.2, -0.15) is 0 Å². The van der Waals surface area contributed by atoms with Crippen molar-refractivity contribution in [2.24, 2.45) is 5.41 Å². The Bertz CT molecular complexity index is 109. The quantitative estimate of drug-likeness (QED) is 0.629. The van der Waals surface area contributed by atoms with Crippen LogP contribution < -0.4 is 0 Å². The van der Waals surface area contributed by atoms with Crippen LogP contribution in [-0.4, -0.2) is 12.2 Å². The third-order valence-corrected chi connectivity index (χ3v) is 2.53. The summed E-state index contributed by atoms with van der Waals surface area (Å²) in [7, 11) is 0. The molecule has 0 rings (SSSR count). The molecule has 0 saturated heterocycles. The second kappa shape index (κ2) is 4.86. The highest BCUT2D eigenvalue weighted by Gasteiger charge is 2.22. The summed E-state index contributed by atoms with van der Waals surface area (Å²) in [4.78, 5) is 0. The van der Waals surface area contributed by atoms with E-state index in [4.69, 9.17) is 4.74 Å². The Balaban J connectivity index is 3.90. The molecule has 0 bridgehead atoms. The molecule has 0 aliphatic heterocycles. The molecule has 12 heavy (non-hydrogen) atoms. The first kappa shape index (κ1) is 12.0.